The second-order valence-electron chi connectivity index (χ2n) is 3.35. The molecule has 0 aromatic rings. The van der Waals surface area contributed by atoms with Crippen LogP contribution < -0.4 is 5.32 Å². The topological polar surface area (TPSA) is 15.3 Å². The molecule has 2 aliphatic rings. The Hall–Kier alpha value is -0.370. The fourth-order valence-corrected chi connectivity index (χ4v) is 1.84. The summed E-state index contributed by atoms with van der Waals surface area (Å²) in [7, 11) is 0. The van der Waals surface area contributed by atoms with Crippen LogP contribution in [0.5, 0.6) is 0 Å². The predicted molar refractivity (Wildman–Crippen MR) is 53.4 cm³/mol. The molecule has 0 aliphatic carbocycles. The van der Waals surface area contributed by atoms with Crippen LogP contribution in [0.15, 0.2) is 11.9 Å². The van der Waals surface area contributed by atoms with Crippen LogP contribution in [0.2, 0.25) is 0 Å². The van der Waals surface area contributed by atoms with E-state index in [1.54, 1.807) is 0 Å². The molecule has 0 aromatic carbocycles. The van der Waals surface area contributed by atoms with Crippen molar-refractivity contribution in [2.75, 3.05) is 19.6 Å². The van der Waals surface area contributed by atoms with Gasteiger partial charge in [-0.2, -0.15) is 0 Å². The molecule has 0 unspecified atom stereocenters. The van der Waals surface area contributed by atoms with E-state index in [0.29, 0.717) is 0 Å². The van der Waals surface area contributed by atoms with Crippen molar-refractivity contribution in [2.45, 2.75) is 25.7 Å². The van der Waals surface area contributed by atoms with E-state index in [4.69, 9.17) is 0 Å². The molecule has 0 bridgehead atoms. The number of hydrogen-bond donors (Lipinski definition) is 1. The summed E-state index contributed by atoms with van der Waals surface area (Å²) in [5.74, 6) is 1.40. The highest BCUT2D eigenvalue weighted by Gasteiger charge is 2.14. The van der Waals surface area contributed by atoms with E-state index in [9.17, 15) is 0 Å². The van der Waals surface area contributed by atoms with Crippen LogP contribution in [0.3, 0.4) is 0 Å². The third kappa shape index (κ3) is 2.07. The average molecular weight is 189 g/mol. The summed E-state index contributed by atoms with van der Waals surface area (Å²) in [5.41, 5.74) is 0. The Labute approximate surface area is 80.4 Å². The maximum absolute atomic E-state index is 3.45. The van der Waals surface area contributed by atoms with Gasteiger partial charge in [0.1, 0.15) is 0 Å². The van der Waals surface area contributed by atoms with Crippen LogP contribution in [0.1, 0.15) is 25.7 Å². The van der Waals surface area contributed by atoms with Crippen LogP contribution in [-0.2, 0) is 0 Å². The maximum atomic E-state index is 3.45. The monoisotopic (exact) mass is 188 g/mol. The van der Waals surface area contributed by atoms with Crippen LogP contribution in [0.25, 0.3) is 0 Å². The average Bonchev–Trinajstić information content (AvgIpc) is 2.28. The number of nitrogens with zero attached hydrogens (tertiary/aromatic N) is 1. The van der Waals surface area contributed by atoms with E-state index in [-0.39, 0.29) is 12.4 Å². The summed E-state index contributed by atoms with van der Waals surface area (Å²) in [6, 6.07) is 0. The maximum Gasteiger partial charge on any atom is 0.0971 e. The molecule has 0 aromatic heterocycles. The van der Waals surface area contributed by atoms with Crippen LogP contribution in [0, 0.1) is 0 Å². The van der Waals surface area contributed by atoms with E-state index in [2.05, 4.69) is 16.3 Å². The molecule has 0 amide bonds. The standard InChI is InChI=1S/C9H16N2.ClH/c1-2-5-9-10-6-4-8-11(9)7-3-1;/h5,10H,1-4,6-8H2;1H. The van der Waals surface area contributed by atoms with Gasteiger partial charge in [0.25, 0.3) is 0 Å². The van der Waals surface area contributed by atoms with Crippen molar-refractivity contribution >= 4 is 12.4 Å². The lowest BCUT2D eigenvalue weighted by Gasteiger charge is -2.31. The molecule has 0 radical (unpaired) electrons. The molecule has 1 N–H and O–H groups in total. The molecule has 70 valence electrons. The summed E-state index contributed by atoms with van der Waals surface area (Å²) in [4.78, 5) is 2.48. The molecular weight excluding hydrogens is 172 g/mol. The van der Waals surface area contributed by atoms with Crippen molar-refractivity contribution in [1.29, 1.82) is 0 Å². The fraction of sp³-hybridized carbons (Fsp3) is 0.778. The smallest absolute Gasteiger partial charge is 0.0971 e. The third-order valence-corrected chi connectivity index (χ3v) is 2.47. The zero-order valence-electron chi connectivity index (χ0n) is 7.38. The first-order chi connectivity index (χ1) is 5.47. The van der Waals surface area contributed by atoms with Crippen LogP contribution >= 0.6 is 12.4 Å². The van der Waals surface area contributed by atoms with Gasteiger partial charge in [0.2, 0.25) is 0 Å². The summed E-state index contributed by atoms with van der Waals surface area (Å²) in [6.07, 6.45) is 7.64. The van der Waals surface area contributed by atoms with Gasteiger partial charge in [-0.1, -0.05) is 0 Å². The zero-order chi connectivity index (χ0) is 7.52. The highest BCUT2D eigenvalue weighted by Crippen LogP contribution is 2.15. The fourth-order valence-electron chi connectivity index (χ4n) is 1.84. The van der Waals surface area contributed by atoms with Crippen molar-refractivity contribution in [3.8, 4) is 0 Å². The van der Waals surface area contributed by atoms with Gasteiger partial charge in [-0.05, 0) is 31.8 Å². The number of fused-ring (bicyclic) bond motifs is 1. The first-order valence-electron chi connectivity index (χ1n) is 4.66. The molecule has 2 rings (SSSR count). The summed E-state index contributed by atoms with van der Waals surface area (Å²) in [6.45, 7) is 3.69. The first kappa shape index (κ1) is 9.72. The van der Waals surface area contributed by atoms with Gasteiger partial charge in [-0.15, -0.1) is 12.4 Å². The highest BCUT2D eigenvalue weighted by atomic mass is 35.5. The van der Waals surface area contributed by atoms with E-state index in [0.717, 1.165) is 0 Å². The van der Waals surface area contributed by atoms with Crippen LogP contribution in [0.4, 0.5) is 0 Å². The SMILES string of the molecule is C1=C2NCCCN2CCCC1.Cl. The summed E-state index contributed by atoms with van der Waals surface area (Å²) < 4.78 is 0. The molecule has 0 atom stereocenters. The summed E-state index contributed by atoms with van der Waals surface area (Å²) >= 11 is 0. The Balaban J connectivity index is 0.000000720. The van der Waals surface area contributed by atoms with Crippen LogP contribution in [-0.4, -0.2) is 24.5 Å². The Kier molecular flexibility index (Phi) is 3.73. The number of halogens is 1. The predicted octanol–water partition coefficient (Wildman–Crippen LogP) is 1.73. The van der Waals surface area contributed by atoms with Crippen molar-refractivity contribution in [1.82, 2.24) is 10.2 Å². The Morgan fingerprint density at radius 2 is 2.00 bits per heavy atom. The minimum absolute atomic E-state index is 0. The number of rotatable bonds is 0. The van der Waals surface area contributed by atoms with E-state index in [1.165, 1.54) is 51.1 Å². The lowest BCUT2D eigenvalue weighted by Crippen LogP contribution is -2.39. The minimum Gasteiger partial charge on any atom is -0.372 e. The second-order valence-corrected chi connectivity index (χ2v) is 3.35. The third-order valence-electron chi connectivity index (χ3n) is 2.47. The van der Waals surface area contributed by atoms with Gasteiger partial charge in [-0.25, -0.2) is 0 Å². The Morgan fingerprint density at radius 1 is 1.17 bits per heavy atom. The van der Waals surface area contributed by atoms with Gasteiger partial charge in [0, 0.05) is 19.6 Å². The lowest BCUT2D eigenvalue weighted by molar-refractivity contribution is 0.283. The number of allylic oxidation sites excluding steroid dienone is 1. The van der Waals surface area contributed by atoms with Gasteiger partial charge in [0.15, 0.2) is 0 Å². The summed E-state index contributed by atoms with van der Waals surface area (Å²) in [5, 5.41) is 3.45. The van der Waals surface area contributed by atoms with Crippen molar-refractivity contribution in [2.24, 2.45) is 0 Å². The molecule has 2 aliphatic heterocycles. The van der Waals surface area contributed by atoms with Gasteiger partial charge >= 0.3 is 0 Å². The molecule has 0 spiro atoms. The molecule has 1 saturated heterocycles. The molecule has 2 heterocycles. The van der Waals surface area contributed by atoms with Gasteiger partial charge in [0.05, 0.1) is 5.82 Å². The number of nitrogens with one attached hydrogen (secondary N) is 1. The van der Waals surface area contributed by atoms with Crippen molar-refractivity contribution in [3.63, 3.8) is 0 Å². The molecule has 1 fully saturated rings. The van der Waals surface area contributed by atoms with Crippen molar-refractivity contribution in [3.05, 3.63) is 11.9 Å². The molecule has 3 heteroatoms. The van der Waals surface area contributed by atoms with Gasteiger partial charge in [-0.3, -0.25) is 0 Å². The molecular formula is C9H17ClN2. The number of hydrogen-bond acceptors (Lipinski definition) is 2. The van der Waals surface area contributed by atoms with E-state index >= 15 is 0 Å². The largest absolute Gasteiger partial charge is 0.372 e. The highest BCUT2D eigenvalue weighted by molar-refractivity contribution is 5.85. The normalized spacial score (nSPS) is 22.7. The zero-order valence-corrected chi connectivity index (χ0v) is 8.20. The van der Waals surface area contributed by atoms with Gasteiger partial charge < -0.3 is 10.2 Å². The Morgan fingerprint density at radius 3 is 2.92 bits per heavy atom. The minimum atomic E-state index is 0. The Bertz CT molecular complexity index is 168. The first-order valence-corrected chi connectivity index (χ1v) is 4.66. The molecule has 0 saturated carbocycles. The molecule has 12 heavy (non-hydrogen) atoms. The quantitative estimate of drug-likeness (QED) is 0.623. The van der Waals surface area contributed by atoms with E-state index < -0.39 is 0 Å². The second kappa shape index (κ2) is 4.61. The lowest BCUT2D eigenvalue weighted by atomic mass is 10.2. The van der Waals surface area contributed by atoms with E-state index in [1.807, 2.05) is 0 Å². The molecule has 2 nitrogen and oxygen atoms in total. The van der Waals surface area contributed by atoms with Crippen molar-refractivity contribution < 1.29 is 0 Å².